The molecule has 2 rings (SSSR count). The molecule has 2 atom stereocenters. The lowest BCUT2D eigenvalue weighted by molar-refractivity contribution is -0.140. The van der Waals surface area contributed by atoms with Crippen LogP contribution in [0.2, 0.25) is 0 Å². The third-order valence-corrected chi connectivity index (χ3v) is 4.25. The fourth-order valence-corrected chi connectivity index (χ4v) is 3.08. The molecule has 1 aromatic carbocycles. The number of aliphatic carboxylic acids is 1. The number of piperidine rings is 1. The van der Waals surface area contributed by atoms with Gasteiger partial charge < -0.3 is 10.0 Å². The van der Waals surface area contributed by atoms with Gasteiger partial charge >= 0.3 is 5.97 Å². The Morgan fingerprint density at radius 3 is 2.89 bits per heavy atom. The molecule has 1 fully saturated rings. The van der Waals surface area contributed by atoms with Crippen LogP contribution in [0.15, 0.2) is 22.7 Å². The van der Waals surface area contributed by atoms with E-state index in [9.17, 15) is 9.90 Å². The molecule has 0 amide bonds. The summed E-state index contributed by atoms with van der Waals surface area (Å²) in [5, 5.41) is 18.3. The molecule has 1 aliphatic heterocycles. The molecule has 0 spiro atoms. The third-order valence-electron chi connectivity index (χ3n) is 3.59. The van der Waals surface area contributed by atoms with Crippen LogP contribution in [0.25, 0.3) is 0 Å². The normalized spacial score (nSPS) is 22.9. The van der Waals surface area contributed by atoms with E-state index >= 15 is 0 Å². The molecule has 1 N–H and O–H groups in total. The second-order valence-electron chi connectivity index (χ2n) is 4.87. The first-order valence-corrected chi connectivity index (χ1v) is 7.03. The lowest BCUT2D eigenvalue weighted by Gasteiger charge is -2.39. The number of benzene rings is 1. The number of carboxylic acids is 1. The molecule has 0 radical (unpaired) electrons. The molecule has 1 aliphatic rings. The number of hydrogen-bond acceptors (Lipinski definition) is 3. The summed E-state index contributed by atoms with van der Waals surface area (Å²) in [6.07, 6.45) is 1.92. The molecule has 1 heterocycles. The maximum absolute atomic E-state index is 11.5. The van der Waals surface area contributed by atoms with E-state index in [0.29, 0.717) is 10.0 Å². The van der Waals surface area contributed by atoms with Crippen LogP contribution in [0.1, 0.15) is 25.3 Å². The van der Waals surface area contributed by atoms with Crippen molar-refractivity contribution in [2.24, 2.45) is 5.92 Å². The number of carbonyl (C=O) groups is 1. The molecule has 0 bridgehead atoms. The van der Waals surface area contributed by atoms with Crippen molar-refractivity contribution in [3.63, 3.8) is 0 Å². The number of anilines is 1. The maximum Gasteiger partial charge on any atom is 0.326 e. The summed E-state index contributed by atoms with van der Waals surface area (Å²) in [6, 6.07) is 6.96. The molecule has 1 aromatic rings. The van der Waals surface area contributed by atoms with Gasteiger partial charge in [-0.2, -0.15) is 5.26 Å². The van der Waals surface area contributed by atoms with Crippen LogP contribution in [0.4, 0.5) is 5.69 Å². The fraction of sp³-hybridized carbons (Fsp3) is 0.429. The Bertz CT molecular complexity index is 539. The van der Waals surface area contributed by atoms with Crippen molar-refractivity contribution >= 4 is 27.6 Å². The van der Waals surface area contributed by atoms with Crippen molar-refractivity contribution < 1.29 is 9.90 Å². The SMILES string of the molecule is CC1CCCN(c2ccc(C#N)c(Br)c2)C1C(=O)O. The maximum atomic E-state index is 11.5. The molecule has 19 heavy (non-hydrogen) atoms. The number of rotatable bonds is 2. The quantitative estimate of drug-likeness (QED) is 0.909. The zero-order valence-corrected chi connectivity index (χ0v) is 12.2. The van der Waals surface area contributed by atoms with Gasteiger partial charge in [-0.25, -0.2) is 4.79 Å². The standard InChI is InChI=1S/C14H15BrN2O2/c1-9-3-2-6-17(13(9)14(18)19)11-5-4-10(8-16)12(15)7-11/h4-5,7,9,13H,2-3,6H2,1H3,(H,18,19). The summed E-state index contributed by atoms with van der Waals surface area (Å²) in [7, 11) is 0. The van der Waals surface area contributed by atoms with Crippen molar-refractivity contribution in [2.75, 3.05) is 11.4 Å². The van der Waals surface area contributed by atoms with E-state index in [1.807, 2.05) is 24.0 Å². The average Bonchev–Trinajstić information content (AvgIpc) is 2.37. The van der Waals surface area contributed by atoms with Gasteiger partial charge in [0.25, 0.3) is 0 Å². The van der Waals surface area contributed by atoms with Crippen LogP contribution in [-0.4, -0.2) is 23.7 Å². The van der Waals surface area contributed by atoms with Gasteiger partial charge in [0, 0.05) is 16.7 Å². The monoisotopic (exact) mass is 322 g/mol. The van der Waals surface area contributed by atoms with E-state index in [-0.39, 0.29) is 5.92 Å². The molecule has 0 aliphatic carbocycles. The average molecular weight is 323 g/mol. The first-order chi connectivity index (χ1) is 9.04. The molecule has 0 saturated carbocycles. The number of carboxylic acid groups (broad SMARTS) is 1. The van der Waals surface area contributed by atoms with Gasteiger partial charge in [-0.15, -0.1) is 0 Å². The topological polar surface area (TPSA) is 64.3 Å². The summed E-state index contributed by atoms with van der Waals surface area (Å²) < 4.78 is 0.704. The Labute approximate surface area is 120 Å². The highest BCUT2D eigenvalue weighted by Crippen LogP contribution is 2.31. The minimum absolute atomic E-state index is 0.126. The lowest BCUT2D eigenvalue weighted by atomic mass is 9.90. The summed E-state index contributed by atoms with van der Waals surface area (Å²) in [6.45, 7) is 2.71. The van der Waals surface area contributed by atoms with Gasteiger partial charge in [-0.3, -0.25) is 0 Å². The van der Waals surface area contributed by atoms with Crippen LogP contribution in [-0.2, 0) is 4.79 Å². The molecule has 0 aromatic heterocycles. The number of nitriles is 1. The first-order valence-electron chi connectivity index (χ1n) is 6.23. The van der Waals surface area contributed by atoms with Gasteiger partial charge in [0.15, 0.2) is 0 Å². The van der Waals surface area contributed by atoms with Crippen molar-refractivity contribution in [1.29, 1.82) is 5.26 Å². The van der Waals surface area contributed by atoms with E-state index in [0.717, 1.165) is 25.1 Å². The van der Waals surface area contributed by atoms with Crippen LogP contribution in [0.5, 0.6) is 0 Å². The Morgan fingerprint density at radius 1 is 1.58 bits per heavy atom. The van der Waals surface area contributed by atoms with Crippen LogP contribution in [0.3, 0.4) is 0 Å². The predicted octanol–water partition coefficient (Wildman–Crippen LogP) is 3.01. The van der Waals surface area contributed by atoms with Gasteiger partial charge in [-0.1, -0.05) is 6.92 Å². The minimum Gasteiger partial charge on any atom is -0.480 e. The van der Waals surface area contributed by atoms with Crippen molar-refractivity contribution in [2.45, 2.75) is 25.8 Å². The van der Waals surface area contributed by atoms with Gasteiger partial charge in [0.2, 0.25) is 0 Å². The van der Waals surface area contributed by atoms with E-state index in [1.54, 1.807) is 6.07 Å². The second-order valence-corrected chi connectivity index (χ2v) is 5.73. The summed E-state index contributed by atoms with van der Waals surface area (Å²) in [5.74, 6) is -0.659. The van der Waals surface area contributed by atoms with Gasteiger partial charge in [-0.05, 0) is 52.9 Å². The van der Waals surface area contributed by atoms with E-state index in [1.165, 1.54) is 0 Å². The van der Waals surface area contributed by atoms with Crippen molar-refractivity contribution in [1.82, 2.24) is 0 Å². The van der Waals surface area contributed by atoms with Crippen LogP contribution in [0, 0.1) is 17.2 Å². The highest BCUT2D eigenvalue weighted by Gasteiger charge is 2.34. The molecule has 1 saturated heterocycles. The second kappa shape index (κ2) is 5.62. The van der Waals surface area contributed by atoms with Crippen LogP contribution >= 0.6 is 15.9 Å². The van der Waals surface area contributed by atoms with Crippen molar-refractivity contribution in [3.05, 3.63) is 28.2 Å². The van der Waals surface area contributed by atoms with Gasteiger partial charge in [0.1, 0.15) is 12.1 Å². The number of halogens is 1. The van der Waals surface area contributed by atoms with Gasteiger partial charge in [0.05, 0.1) is 5.56 Å². The number of hydrogen-bond donors (Lipinski definition) is 1. The van der Waals surface area contributed by atoms with Crippen LogP contribution < -0.4 is 4.90 Å². The molecular weight excluding hydrogens is 308 g/mol. The molecule has 5 heteroatoms. The lowest BCUT2D eigenvalue weighted by Crippen LogP contribution is -2.49. The zero-order valence-electron chi connectivity index (χ0n) is 10.6. The third kappa shape index (κ3) is 2.74. The Hall–Kier alpha value is -1.54. The minimum atomic E-state index is -0.785. The Kier molecular flexibility index (Phi) is 4.11. The highest BCUT2D eigenvalue weighted by atomic mass is 79.9. The molecule has 4 nitrogen and oxygen atoms in total. The fourth-order valence-electron chi connectivity index (χ4n) is 2.63. The number of nitrogens with zero attached hydrogens (tertiary/aromatic N) is 2. The predicted molar refractivity (Wildman–Crippen MR) is 76.0 cm³/mol. The van der Waals surface area contributed by atoms with E-state index in [4.69, 9.17) is 5.26 Å². The molecule has 100 valence electrons. The molecule has 2 unspecified atom stereocenters. The Morgan fingerprint density at radius 2 is 2.32 bits per heavy atom. The Balaban J connectivity index is 2.36. The zero-order chi connectivity index (χ0) is 14.0. The first kappa shape index (κ1) is 13.9. The highest BCUT2D eigenvalue weighted by molar-refractivity contribution is 9.10. The van der Waals surface area contributed by atoms with Crippen molar-refractivity contribution in [3.8, 4) is 6.07 Å². The smallest absolute Gasteiger partial charge is 0.326 e. The largest absolute Gasteiger partial charge is 0.480 e. The summed E-state index contributed by atoms with van der Waals surface area (Å²) in [4.78, 5) is 13.4. The summed E-state index contributed by atoms with van der Waals surface area (Å²) in [5.41, 5.74) is 1.41. The molecular formula is C14H15BrN2O2. The summed E-state index contributed by atoms with van der Waals surface area (Å²) >= 11 is 3.35. The van der Waals surface area contributed by atoms with E-state index < -0.39 is 12.0 Å². The van der Waals surface area contributed by atoms with E-state index in [2.05, 4.69) is 22.0 Å².